The number of aryl methyl sites for hydroxylation is 1. The van der Waals surface area contributed by atoms with E-state index >= 15 is 0 Å². The van der Waals surface area contributed by atoms with E-state index in [0.29, 0.717) is 62.0 Å². The summed E-state index contributed by atoms with van der Waals surface area (Å²) in [6.07, 6.45) is 0.356. The number of nitrogens with one attached hydrogen (secondary N) is 1. The van der Waals surface area contributed by atoms with Crippen LogP contribution in [0.3, 0.4) is 0 Å². The van der Waals surface area contributed by atoms with Gasteiger partial charge in [0.1, 0.15) is 5.75 Å². The van der Waals surface area contributed by atoms with E-state index in [2.05, 4.69) is 15.4 Å². The van der Waals surface area contributed by atoms with Gasteiger partial charge >= 0.3 is 0 Å². The van der Waals surface area contributed by atoms with Crippen molar-refractivity contribution in [2.45, 2.75) is 13.3 Å². The van der Waals surface area contributed by atoms with Gasteiger partial charge in [0.2, 0.25) is 11.7 Å². The van der Waals surface area contributed by atoms with E-state index in [1.54, 1.807) is 17.9 Å². The molecule has 1 saturated heterocycles. The second-order valence-electron chi connectivity index (χ2n) is 7.68. The van der Waals surface area contributed by atoms with E-state index < -0.39 is 0 Å². The number of hydrogen-bond acceptors (Lipinski definition) is 6. The van der Waals surface area contributed by atoms with Crippen molar-refractivity contribution in [1.29, 1.82) is 0 Å². The summed E-state index contributed by atoms with van der Waals surface area (Å²) in [7, 11) is 0. The van der Waals surface area contributed by atoms with Crippen LogP contribution in [-0.4, -0.2) is 59.5 Å². The maximum atomic E-state index is 12.5. The Morgan fingerprint density at radius 2 is 1.75 bits per heavy atom. The summed E-state index contributed by atoms with van der Waals surface area (Å²) in [4.78, 5) is 28.9. The first-order valence-corrected chi connectivity index (χ1v) is 10.7. The monoisotopic (exact) mass is 434 g/mol. The number of nitrogens with zero attached hydrogens (tertiary/aromatic N) is 3. The highest BCUT2D eigenvalue weighted by Crippen LogP contribution is 2.29. The molecule has 8 nitrogen and oxygen atoms in total. The number of benzene rings is 2. The van der Waals surface area contributed by atoms with Crippen LogP contribution in [0.2, 0.25) is 0 Å². The van der Waals surface area contributed by atoms with Gasteiger partial charge in [0.15, 0.2) is 5.75 Å². The average molecular weight is 434 g/mol. The van der Waals surface area contributed by atoms with E-state index in [1.165, 1.54) is 0 Å². The van der Waals surface area contributed by atoms with Crippen molar-refractivity contribution in [3.05, 3.63) is 72.1 Å². The minimum absolute atomic E-state index is 0.0789. The Morgan fingerprint density at radius 1 is 1.03 bits per heavy atom. The third kappa shape index (κ3) is 5.53. The number of carbonyl (C=O) groups is 2. The highest BCUT2D eigenvalue weighted by atomic mass is 16.5. The maximum absolute atomic E-state index is 12.5. The molecule has 3 aromatic rings. The fourth-order valence-electron chi connectivity index (χ4n) is 3.54. The number of para-hydroxylation sites is 3. The van der Waals surface area contributed by atoms with Crippen molar-refractivity contribution in [2.75, 3.05) is 38.0 Å². The molecule has 1 fully saturated rings. The summed E-state index contributed by atoms with van der Waals surface area (Å²) >= 11 is 0. The normalized spacial score (nSPS) is 14.2. The van der Waals surface area contributed by atoms with Crippen LogP contribution >= 0.6 is 0 Å². The molecule has 32 heavy (non-hydrogen) atoms. The van der Waals surface area contributed by atoms with E-state index in [4.69, 9.17) is 9.26 Å². The van der Waals surface area contributed by atoms with Crippen LogP contribution in [0, 0.1) is 6.92 Å². The lowest BCUT2D eigenvalue weighted by molar-refractivity contribution is -0.116. The second-order valence-corrected chi connectivity index (χ2v) is 7.68. The van der Waals surface area contributed by atoms with E-state index in [1.807, 2.05) is 54.6 Å². The molecule has 4 rings (SSSR count). The van der Waals surface area contributed by atoms with Crippen LogP contribution in [0.15, 0.2) is 65.2 Å². The average Bonchev–Trinajstić information content (AvgIpc) is 3.26. The molecular weight excluding hydrogens is 408 g/mol. The first kappa shape index (κ1) is 21.6. The molecule has 0 bridgehead atoms. The molecule has 0 aliphatic carbocycles. The van der Waals surface area contributed by atoms with Crippen LogP contribution in [0.25, 0.3) is 0 Å². The first-order valence-electron chi connectivity index (χ1n) is 10.7. The van der Waals surface area contributed by atoms with Crippen LogP contribution in [0.5, 0.6) is 11.5 Å². The lowest BCUT2D eigenvalue weighted by atomic mass is 10.2. The number of carbonyl (C=O) groups excluding carboxylic acids is 2. The molecular formula is C24H26N4O4. The third-order valence-electron chi connectivity index (χ3n) is 5.29. The number of amides is 2. The van der Waals surface area contributed by atoms with Gasteiger partial charge in [0.25, 0.3) is 5.91 Å². The van der Waals surface area contributed by atoms with Crippen LogP contribution in [0.4, 0.5) is 5.69 Å². The Hall–Kier alpha value is -3.65. The summed E-state index contributed by atoms with van der Waals surface area (Å²) in [5.41, 5.74) is 1.33. The number of aromatic nitrogens is 1. The molecule has 0 unspecified atom stereocenters. The van der Waals surface area contributed by atoms with Crippen molar-refractivity contribution in [3.8, 4) is 11.5 Å². The summed E-state index contributed by atoms with van der Waals surface area (Å²) < 4.78 is 11.0. The van der Waals surface area contributed by atoms with Crippen LogP contribution in [0.1, 0.15) is 22.7 Å². The molecule has 1 aromatic heterocycles. The molecule has 0 saturated carbocycles. The van der Waals surface area contributed by atoms with Crippen molar-refractivity contribution < 1.29 is 18.8 Å². The van der Waals surface area contributed by atoms with Crippen LogP contribution < -0.4 is 10.1 Å². The zero-order valence-electron chi connectivity index (χ0n) is 18.0. The minimum atomic E-state index is -0.141. The van der Waals surface area contributed by atoms with Gasteiger partial charge < -0.3 is 19.5 Å². The maximum Gasteiger partial charge on any atom is 0.292 e. The fraction of sp³-hybridized carbons (Fsp3) is 0.292. The van der Waals surface area contributed by atoms with Crippen molar-refractivity contribution >= 4 is 17.5 Å². The first-order chi connectivity index (χ1) is 15.6. The van der Waals surface area contributed by atoms with Gasteiger partial charge in [-0.1, -0.05) is 35.5 Å². The predicted molar refractivity (Wildman–Crippen MR) is 120 cm³/mol. The van der Waals surface area contributed by atoms with Gasteiger partial charge in [-0.25, -0.2) is 0 Å². The molecule has 8 heteroatoms. The molecule has 2 amide bonds. The zero-order chi connectivity index (χ0) is 22.3. The second kappa shape index (κ2) is 10.1. The van der Waals surface area contributed by atoms with Gasteiger partial charge in [0, 0.05) is 45.2 Å². The minimum Gasteiger partial charge on any atom is -0.455 e. The highest BCUT2D eigenvalue weighted by molar-refractivity contribution is 5.92. The third-order valence-corrected chi connectivity index (χ3v) is 5.29. The Bertz CT molecular complexity index is 1060. The molecule has 1 N–H and O–H groups in total. The molecule has 0 spiro atoms. The molecule has 166 valence electrons. The number of hydrogen-bond donors (Lipinski definition) is 1. The quantitative estimate of drug-likeness (QED) is 0.612. The Labute approximate surface area is 186 Å². The lowest BCUT2D eigenvalue weighted by Crippen LogP contribution is -2.49. The molecule has 1 aliphatic heterocycles. The Kier molecular flexibility index (Phi) is 6.81. The fourth-order valence-corrected chi connectivity index (χ4v) is 3.54. The lowest BCUT2D eigenvalue weighted by Gasteiger charge is -2.34. The number of anilines is 1. The predicted octanol–water partition coefficient (Wildman–Crippen LogP) is 3.56. The van der Waals surface area contributed by atoms with E-state index in [9.17, 15) is 9.59 Å². The summed E-state index contributed by atoms with van der Waals surface area (Å²) in [6.45, 7) is 5.01. The summed E-state index contributed by atoms with van der Waals surface area (Å²) in [5, 5.41) is 6.72. The molecule has 2 heterocycles. The Morgan fingerprint density at radius 3 is 2.47 bits per heavy atom. The van der Waals surface area contributed by atoms with Crippen LogP contribution in [-0.2, 0) is 4.79 Å². The SMILES string of the molecule is Cc1cc(C(=O)N2CCN(CCC(=O)Nc3ccccc3Oc3ccccc3)CC2)on1. The van der Waals surface area contributed by atoms with Crippen molar-refractivity contribution in [3.63, 3.8) is 0 Å². The Balaban J connectivity index is 1.24. The highest BCUT2D eigenvalue weighted by Gasteiger charge is 2.24. The zero-order valence-corrected chi connectivity index (χ0v) is 18.0. The van der Waals surface area contributed by atoms with Crippen molar-refractivity contribution in [2.24, 2.45) is 0 Å². The molecule has 0 radical (unpaired) electrons. The number of piperazine rings is 1. The summed E-state index contributed by atoms with van der Waals surface area (Å²) in [5.74, 6) is 1.36. The van der Waals surface area contributed by atoms with Gasteiger partial charge in [0.05, 0.1) is 11.4 Å². The van der Waals surface area contributed by atoms with Gasteiger partial charge in [-0.2, -0.15) is 0 Å². The molecule has 0 atom stereocenters. The van der Waals surface area contributed by atoms with Gasteiger partial charge in [-0.05, 0) is 31.2 Å². The number of rotatable bonds is 7. The topological polar surface area (TPSA) is 87.9 Å². The van der Waals surface area contributed by atoms with Crippen molar-refractivity contribution in [1.82, 2.24) is 15.0 Å². The molecule has 2 aromatic carbocycles. The van der Waals surface area contributed by atoms with E-state index in [0.717, 1.165) is 0 Å². The van der Waals surface area contributed by atoms with Gasteiger partial charge in [-0.15, -0.1) is 0 Å². The standard InChI is InChI=1S/C24H26N4O4/c1-18-17-22(32-26-18)24(30)28-15-13-27(14-16-28)12-11-23(29)25-20-9-5-6-10-21(20)31-19-7-3-2-4-8-19/h2-10,17H,11-16H2,1H3,(H,25,29). The largest absolute Gasteiger partial charge is 0.455 e. The van der Waals surface area contributed by atoms with E-state index in [-0.39, 0.29) is 17.6 Å². The number of ether oxygens (including phenoxy) is 1. The summed E-state index contributed by atoms with van der Waals surface area (Å²) in [6, 6.07) is 18.5. The van der Waals surface area contributed by atoms with Gasteiger partial charge in [-0.3, -0.25) is 14.5 Å². The smallest absolute Gasteiger partial charge is 0.292 e. The molecule has 1 aliphatic rings.